The van der Waals surface area contributed by atoms with Crippen molar-refractivity contribution >= 4 is 11.7 Å². The number of imidazole rings is 1. The van der Waals surface area contributed by atoms with E-state index in [-0.39, 0.29) is 5.91 Å². The van der Waals surface area contributed by atoms with E-state index in [1.54, 1.807) is 23.4 Å². The zero-order valence-electron chi connectivity index (χ0n) is 14.9. The Morgan fingerprint density at radius 1 is 0.923 bits per heavy atom. The molecule has 26 heavy (non-hydrogen) atoms. The standard InChI is InChI=1S/C18H24N6O2/c25-18(23-5-3-1-2-4-6-23)15-12-24(14-21-15)17-11-16(19-13-20-17)22-7-9-26-10-8-22/h11-14H,1-10H2. The summed E-state index contributed by atoms with van der Waals surface area (Å²) in [5, 5.41) is 0. The lowest BCUT2D eigenvalue weighted by molar-refractivity contribution is 0.0756. The molecule has 0 aromatic carbocycles. The van der Waals surface area contributed by atoms with Gasteiger partial charge in [-0.05, 0) is 12.8 Å². The van der Waals surface area contributed by atoms with Crippen molar-refractivity contribution in [1.29, 1.82) is 0 Å². The molecule has 2 aromatic rings. The number of ether oxygens (including phenoxy) is 1. The summed E-state index contributed by atoms with van der Waals surface area (Å²) in [6.07, 6.45) is 9.50. The first-order chi connectivity index (χ1) is 12.8. The van der Waals surface area contributed by atoms with E-state index in [0.717, 1.165) is 44.8 Å². The van der Waals surface area contributed by atoms with Crippen LogP contribution < -0.4 is 4.90 Å². The maximum atomic E-state index is 12.7. The van der Waals surface area contributed by atoms with Gasteiger partial charge in [0.1, 0.15) is 30.0 Å². The highest BCUT2D eigenvalue weighted by atomic mass is 16.5. The van der Waals surface area contributed by atoms with Crippen LogP contribution in [0.4, 0.5) is 5.82 Å². The van der Waals surface area contributed by atoms with Gasteiger partial charge in [0.15, 0.2) is 0 Å². The second-order valence-electron chi connectivity index (χ2n) is 6.71. The number of aromatic nitrogens is 4. The summed E-state index contributed by atoms with van der Waals surface area (Å²) in [4.78, 5) is 29.8. The van der Waals surface area contributed by atoms with Crippen LogP contribution in [0.1, 0.15) is 36.2 Å². The first kappa shape index (κ1) is 17.0. The number of anilines is 1. The maximum absolute atomic E-state index is 12.7. The minimum Gasteiger partial charge on any atom is -0.378 e. The molecule has 0 N–H and O–H groups in total. The molecule has 0 bridgehead atoms. The molecule has 138 valence electrons. The van der Waals surface area contributed by atoms with Gasteiger partial charge in [0.05, 0.1) is 13.2 Å². The van der Waals surface area contributed by atoms with Crippen LogP contribution in [0.5, 0.6) is 0 Å². The molecule has 0 saturated carbocycles. The Balaban J connectivity index is 1.51. The highest BCUT2D eigenvalue weighted by molar-refractivity contribution is 5.92. The van der Waals surface area contributed by atoms with E-state index >= 15 is 0 Å². The zero-order chi connectivity index (χ0) is 17.8. The molecule has 4 rings (SSSR count). The molecule has 2 fully saturated rings. The molecular weight excluding hydrogens is 332 g/mol. The number of rotatable bonds is 3. The lowest BCUT2D eigenvalue weighted by atomic mass is 10.2. The molecule has 8 heteroatoms. The molecule has 1 amide bonds. The fourth-order valence-corrected chi connectivity index (χ4v) is 3.44. The smallest absolute Gasteiger partial charge is 0.274 e. The summed E-state index contributed by atoms with van der Waals surface area (Å²) in [6, 6.07) is 1.92. The predicted molar refractivity (Wildman–Crippen MR) is 96.6 cm³/mol. The molecule has 0 spiro atoms. The number of hydrogen-bond donors (Lipinski definition) is 0. The van der Waals surface area contributed by atoms with Crippen molar-refractivity contribution in [2.24, 2.45) is 0 Å². The average Bonchev–Trinajstić information content (AvgIpc) is 3.04. The third kappa shape index (κ3) is 3.70. The second kappa shape index (κ2) is 7.82. The third-order valence-corrected chi connectivity index (χ3v) is 4.93. The van der Waals surface area contributed by atoms with Crippen molar-refractivity contribution in [3.8, 4) is 5.82 Å². The maximum Gasteiger partial charge on any atom is 0.274 e. The average molecular weight is 356 g/mol. The van der Waals surface area contributed by atoms with Gasteiger partial charge in [-0.15, -0.1) is 0 Å². The van der Waals surface area contributed by atoms with Gasteiger partial charge in [0.25, 0.3) is 5.91 Å². The number of amides is 1. The fraction of sp³-hybridized carbons (Fsp3) is 0.556. The largest absolute Gasteiger partial charge is 0.378 e. The van der Waals surface area contributed by atoms with Gasteiger partial charge in [-0.1, -0.05) is 12.8 Å². The highest BCUT2D eigenvalue weighted by Gasteiger charge is 2.20. The minimum absolute atomic E-state index is 0.00751. The number of nitrogens with zero attached hydrogens (tertiary/aromatic N) is 6. The van der Waals surface area contributed by atoms with Crippen molar-refractivity contribution in [3.05, 3.63) is 30.6 Å². The van der Waals surface area contributed by atoms with E-state index in [9.17, 15) is 4.79 Å². The van der Waals surface area contributed by atoms with E-state index in [1.807, 2.05) is 11.0 Å². The first-order valence-corrected chi connectivity index (χ1v) is 9.30. The van der Waals surface area contributed by atoms with Crippen LogP contribution in [0.15, 0.2) is 24.9 Å². The van der Waals surface area contributed by atoms with E-state index in [2.05, 4.69) is 19.9 Å². The van der Waals surface area contributed by atoms with Gasteiger partial charge in [0, 0.05) is 38.4 Å². The highest BCUT2D eigenvalue weighted by Crippen LogP contribution is 2.17. The molecular formula is C18H24N6O2. The Hall–Kier alpha value is -2.48. The van der Waals surface area contributed by atoms with E-state index in [1.165, 1.54) is 12.8 Å². The predicted octanol–water partition coefficient (Wildman–Crippen LogP) is 1.52. The van der Waals surface area contributed by atoms with Crippen molar-refractivity contribution in [3.63, 3.8) is 0 Å². The molecule has 2 saturated heterocycles. The molecule has 2 aliphatic rings. The number of hydrogen-bond acceptors (Lipinski definition) is 6. The summed E-state index contributed by atoms with van der Waals surface area (Å²) in [5.74, 6) is 1.59. The molecule has 2 aliphatic heterocycles. The summed E-state index contributed by atoms with van der Waals surface area (Å²) in [6.45, 7) is 4.69. The Bertz CT molecular complexity index is 748. The third-order valence-electron chi connectivity index (χ3n) is 4.93. The van der Waals surface area contributed by atoms with Crippen LogP contribution in [0.25, 0.3) is 5.82 Å². The first-order valence-electron chi connectivity index (χ1n) is 9.30. The van der Waals surface area contributed by atoms with Gasteiger partial charge in [-0.3, -0.25) is 9.36 Å². The van der Waals surface area contributed by atoms with Gasteiger partial charge in [0.2, 0.25) is 0 Å². The fourth-order valence-electron chi connectivity index (χ4n) is 3.44. The van der Waals surface area contributed by atoms with Crippen molar-refractivity contribution in [2.45, 2.75) is 25.7 Å². The zero-order valence-corrected chi connectivity index (χ0v) is 14.9. The summed E-state index contributed by atoms with van der Waals surface area (Å²) >= 11 is 0. The number of carbonyl (C=O) groups excluding carboxylic acids is 1. The Kier molecular flexibility index (Phi) is 5.10. The van der Waals surface area contributed by atoms with E-state index in [4.69, 9.17) is 4.74 Å². The lowest BCUT2D eigenvalue weighted by Crippen LogP contribution is -2.36. The molecule has 0 radical (unpaired) electrons. The molecule has 0 aliphatic carbocycles. The Labute approximate surface area is 152 Å². The van der Waals surface area contributed by atoms with Gasteiger partial charge >= 0.3 is 0 Å². The summed E-state index contributed by atoms with van der Waals surface area (Å²) in [7, 11) is 0. The minimum atomic E-state index is 0.00751. The van der Waals surface area contributed by atoms with Crippen LogP contribution in [0.2, 0.25) is 0 Å². The second-order valence-corrected chi connectivity index (χ2v) is 6.71. The topological polar surface area (TPSA) is 76.4 Å². The van der Waals surface area contributed by atoms with Gasteiger partial charge in [-0.25, -0.2) is 15.0 Å². The Morgan fingerprint density at radius 2 is 1.65 bits per heavy atom. The number of morpholine rings is 1. The van der Waals surface area contributed by atoms with Crippen LogP contribution in [-0.4, -0.2) is 69.7 Å². The summed E-state index contributed by atoms with van der Waals surface area (Å²) < 4.78 is 7.18. The van der Waals surface area contributed by atoms with Crippen LogP contribution >= 0.6 is 0 Å². The molecule has 8 nitrogen and oxygen atoms in total. The van der Waals surface area contributed by atoms with Crippen LogP contribution in [0.3, 0.4) is 0 Å². The van der Waals surface area contributed by atoms with E-state index < -0.39 is 0 Å². The number of likely N-dealkylation sites (tertiary alicyclic amines) is 1. The quantitative estimate of drug-likeness (QED) is 0.830. The Morgan fingerprint density at radius 3 is 2.42 bits per heavy atom. The SMILES string of the molecule is O=C(c1cn(-c2cc(N3CCOCC3)ncn2)cn1)N1CCCCCC1. The van der Waals surface area contributed by atoms with Gasteiger partial charge < -0.3 is 14.5 Å². The van der Waals surface area contributed by atoms with Crippen molar-refractivity contribution in [1.82, 2.24) is 24.4 Å². The van der Waals surface area contributed by atoms with Crippen molar-refractivity contribution in [2.75, 3.05) is 44.3 Å². The molecule has 0 atom stereocenters. The van der Waals surface area contributed by atoms with Crippen LogP contribution in [0, 0.1) is 0 Å². The molecule has 0 unspecified atom stereocenters. The van der Waals surface area contributed by atoms with Crippen molar-refractivity contribution < 1.29 is 9.53 Å². The molecule has 4 heterocycles. The monoisotopic (exact) mass is 356 g/mol. The van der Waals surface area contributed by atoms with E-state index in [0.29, 0.717) is 24.7 Å². The van der Waals surface area contributed by atoms with Gasteiger partial charge in [-0.2, -0.15) is 0 Å². The molecule has 2 aromatic heterocycles. The normalized spacial score (nSPS) is 18.6. The lowest BCUT2D eigenvalue weighted by Gasteiger charge is -2.27. The van der Waals surface area contributed by atoms with Crippen LogP contribution in [-0.2, 0) is 4.74 Å². The number of carbonyl (C=O) groups is 1. The summed E-state index contributed by atoms with van der Waals surface area (Å²) in [5.41, 5.74) is 0.471.